The van der Waals surface area contributed by atoms with Crippen molar-refractivity contribution in [2.24, 2.45) is 0 Å². The topological polar surface area (TPSA) is 123 Å². The fourth-order valence-corrected chi connectivity index (χ4v) is 5.28. The lowest BCUT2D eigenvalue weighted by Gasteiger charge is -2.29. The number of ether oxygens (including phenoxy) is 3. The van der Waals surface area contributed by atoms with Gasteiger partial charge in [-0.25, -0.2) is 8.42 Å². The van der Waals surface area contributed by atoms with Crippen molar-refractivity contribution in [1.82, 2.24) is 5.32 Å². The molecule has 1 saturated heterocycles. The van der Waals surface area contributed by atoms with Gasteiger partial charge in [0.1, 0.15) is 19.3 Å². The number of carbonyl (C=O) groups is 2. The predicted octanol–water partition coefficient (Wildman–Crippen LogP) is 2.16. The van der Waals surface area contributed by atoms with Gasteiger partial charge in [-0.1, -0.05) is 12.1 Å². The molecule has 10 nitrogen and oxygen atoms in total. The van der Waals surface area contributed by atoms with Crippen LogP contribution in [0.4, 0.5) is 11.4 Å². The monoisotopic (exact) mass is 503 g/mol. The van der Waals surface area contributed by atoms with Gasteiger partial charge in [-0.2, -0.15) is 0 Å². The maximum Gasteiger partial charge on any atom is 0.253 e. The molecule has 1 fully saturated rings. The molecule has 2 N–H and O–H groups in total. The van der Waals surface area contributed by atoms with Crippen LogP contribution >= 0.6 is 0 Å². The number of sulfonamides is 1. The van der Waals surface area contributed by atoms with Crippen molar-refractivity contribution in [3.8, 4) is 11.5 Å². The zero-order valence-corrected chi connectivity index (χ0v) is 20.5. The zero-order valence-electron chi connectivity index (χ0n) is 19.7. The fourth-order valence-electron chi connectivity index (χ4n) is 4.11. The maximum absolute atomic E-state index is 13.2. The second kappa shape index (κ2) is 10.5. The normalized spacial score (nSPS) is 17.9. The van der Waals surface area contributed by atoms with Crippen molar-refractivity contribution in [1.29, 1.82) is 0 Å². The molecule has 2 heterocycles. The average molecular weight is 504 g/mol. The number of rotatable bonds is 8. The summed E-state index contributed by atoms with van der Waals surface area (Å²) in [6.45, 7) is 3.29. The highest BCUT2D eigenvalue weighted by atomic mass is 32.2. The van der Waals surface area contributed by atoms with Gasteiger partial charge >= 0.3 is 0 Å². The van der Waals surface area contributed by atoms with Crippen LogP contribution in [0.2, 0.25) is 0 Å². The van der Waals surface area contributed by atoms with E-state index in [1.807, 2.05) is 0 Å². The Balaban J connectivity index is 1.52. The molecule has 0 unspecified atom stereocenters. The minimum absolute atomic E-state index is 0.0185. The Morgan fingerprint density at radius 3 is 2.54 bits per heavy atom. The molecule has 35 heavy (non-hydrogen) atoms. The van der Waals surface area contributed by atoms with Gasteiger partial charge in [0.2, 0.25) is 15.9 Å². The number of benzene rings is 2. The third kappa shape index (κ3) is 5.85. The summed E-state index contributed by atoms with van der Waals surface area (Å²) in [5.74, 6) is -0.0303. The smallest absolute Gasteiger partial charge is 0.253 e. The van der Waals surface area contributed by atoms with Crippen molar-refractivity contribution in [3.63, 3.8) is 0 Å². The Hall–Kier alpha value is -3.31. The molecule has 2 aromatic rings. The molecule has 0 saturated carbocycles. The van der Waals surface area contributed by atoms with Gasteiger partial charge in [0.15, 0.2) is 11.5 Å². The Morgan fingerprint density at radius 1 is 1.09 bits per heavy atom. The molecular weight excluding hydrogens is 474 g/mol. The summed E-state index contributed by atoms with van der Waals surface area (Å²) in [6.07, 6.45) is 2.86. The van der Waals surface area contributed by atoms with E-state index in [4.69, 9.17) is 14.2 Å². The Labute approximate surface area is 204 Å². The lowest BCUT2D eigenvalue weighted by Crippen LogP contribution is -2.45. The molecule has 11 heteroatoms. The van der Waals surface area contributed by atoms with E-state index in [1.165, 1.54) is 13.0 Å². The van der Waals surface area contributed by atoms with Gasteiger partial charge in [0, 0.05) is 19.2 Å². The highest BCUT2D eigenvalue weighted by Gasteiger charge is 2.31. The second-order valence-corrected chi connectivity index (χ2v) is 10.3. The largest absolute Gasteiger partial charge is 0.486 e. The van der Waals surface area contributed by atoms with Crippen LogP contribution in [0, 0.1) is 0 Å². The first-order chi connectivity index (χ1) is 16.7. The fraction of sp³-hybridized carbons (Fsp3) is 0.417. The van der Waals surface area contributed by atoms with Gasteiger partial charge in [-0.3, -0.25) is 13.9 Å². The van der Waals surface area contributed by atoms with E-state index in [0.29, 0.717) is 37.9 Å². The molecular formula is C24H29N3O7S. The average Bonchev–Trinajstić information content (AvgIpc) is 3.36. The molecule has 0 aromatic heterocycles. The van der Waals surface area contributed by atoms with E-state index in [9.17, 15) is 18.0 Å². The molecule has 0 bridgehead atoms. The number of amides is 2. The minimum atomic E-state index is -3.84. The van der Waals surface area contributed by atoms with E-state index in [1.54, 1.807) is 36.4 Å². The summed E-state index contributed by atoms with van der Waals surface area (Å²) in [5.41, 5.74) is 0.822. The van der Waals surface area contributed by atoms with Gasteiger partial charge < -0.3 is 24.8 Å². The van der Waals surface area contributed by atoms with E-state index >= 15 is 0 Å². The van der Waals surface area contributed by atoms with E-state index in [-0.39, 0.29) is 28.9 Å². The number of carbonyl (C=O) groups excluding carboxylic acids is 2. The van der Waals surface area contributed by atoms with Crippen LogP contribution in [0.5, 0.6) is 11.5 Å². The molecule has 2 amide bonds. The van der Waals surface area contributed by atoms with Crippen molar-refractivity contribution in [2.45, 2.75) is 31.9 Å². The Kier molecular flexibility index (Phi) is 7.46. The summed E-state index contributed by atoms with van der Waals surface area (Å²) in [6, 6.07) is 10.2. The number of fused-ring (bicyclic) bond motifs is 1. The van der Waals surface area contributed by atoms with Gasteiger partial charge in [-0.15, -0.1) is 0 Å². The van der Waals surface area contributed by atoms with Crippen molar-refractivity contribution in [2.75, 3.05) is 42.2 Å². The molecule has 0 aliphatic carbocycles. The number of hydrogen-bond acceptors (Lipinski definition) is 7. The SMILES string of the molecule is C[C@@H](C(=O)Nc1ccccc1C(=O)NC[C@@H]1CCCO1)N(c1ccc2c(c1)OCCO2)S(C)(=O)=O. The lowest BCUT2D eigenvalue weighted by atomic mass is 10.1. The standard InChI is InChI=1S/C24H29N3O7S/c1-16(27(35(2,30)31)17-9-10-21-22(14-17)34-13-12-33-21)23(28)26-20-8-4-3-7-19(20)24(29)25-15-18-6-5-11-32-18/h3-4,7-10,14,16,18H,5-6,11-13,15H2,1-2H3,(H,25,29)(H,26,28)/t16-,18-/m0/s1. The highest BCUT2D eigenvalue weighted by Crippen LogP contribution is 2.35. The molecule has 2 aliphatic rings. The van der Waals surface area contributed by atoms with E-state index < -0.39 is 22.0 Å². The van der Waals surface area contributed by atoms with Crippen LogP contribution in [0.1, 0.15) is 30.1 Å². The van der Waals surface area contributed by atoms with Crippen LogP contribution in [0.15, 0.2) is 42.5 Å². The molecule has 2 aliphatic heterocycles. The lowest BCUT2D eigenvalue weighted by molar-refractivity contribution is -0.116. The molecule has 2 aromatic carbocycles. The Morgan fingerprint density at radius 2 is 1.83 bits per heavy atom. The quantitative estimate of drug-likeness (QED) is 0.566. The number of nitrogens with zero attached hydrogens (tertiary/aromatic N) is 1. The first-order valence-electron chi connectivity index (χ1n) is 11.4. The number of nitrogens with one attached hydrogen (secondary N) is 2. The Bertz CT molecular complexity index is 1200. The summed E-state index contributed by atoms with van der Waals surface area (Å²) in [7, 11) is -3.84. The molecule has 2 atom stereocenters. The van der Waals surface area contributed by atoms with Crippen LogP contribution in [-0.4, -0.2) is 65.0 Å². The first kappa shape index (κ1) is 24.8. The zero-order chi connectivity index (χ0) is 25.0. The summed E-state index contributed by atoms with van der Waals surface area (Å²) >= 11 is 0. The van der Waals surface area contributed by atoms with E-state index in [0.717, 1.165) is 23.4 Å². The van der Waals surface area contributed by atoms with Crippen LogP contribution in [-0.2, 0) is 19.6 Å². The predicted molar refractivity (Wildman–Crippen MR) is 131 cm³/mol. The van der Waals surface area contributed by atoms with Gasteiger partial charge in [0.05, 0.1) is 29.3 Å². The first-order valence-corrected chi connectivity index (χ1v) is 13.3. The van der Waals surface area contributed by atoms with Gasteiger partial charge in [-0.05, 0) is 44.0 Å². The molecule has 0 spiro atoms. The highest BCUT2D eigenvalue weighted by molar-refractivity contribution is 7.92. The molecule has 0 radical (unpaired) electrons. The summed E-state index contributed by atoms with van der Waals surface area (Å²) in [4.78, 5) is 26.0. The maximum atomic E-state index is 13.2. The summed E-state index contributed by atoms with van der Waals surface area (Å²) < 4.78 is 43.0. The molecule has 188 valence electrons. The van der Waals surface area contributed by atoms with Gasteiger partial charge in [0.25, 0.3) is 5.91 Å². The number of hydrogen-bond donors (Lipinski definition) is 2. The number of para-hydroxylation sites is 1. The third-order valence-corrected chi connectivity index (χ3v) is 7.05. The summed E-state index contributed by atoms with van der Waals surface area (Å²) in [5, 5.41) is 5.55. The van der Waals surface area contributed by atoms with Crippen LogP contribution in [0.3, 0.4) is 0 Å². The van der Waals surface area contributed by atoms with Crippen molar-refractivity contribution < 1.29 is 32.2 Å². The van der Waals surface area contributed by atoms with Crippen molar-refractivity contribution in [3.05, 3.63) is 48.0 Å². The van der Waals surface area contributed by atoms with Crippen LogP contribution in [0.25, 0.3) is 0 Å². The van der Waals surface area contributed by atoms with Crippen molar-refractivity contribution >= 4 is 33.2 Å². The second-order valence-electron chi connectivity index (χ2n) is 8.44. The number of anilines is 2. The minimum Gasteiger partial charge on any atom is -0.486 e. The van der Waals surface area contributed by atoms with Crippen LogP contribution < -0.4 is 24.4 Å². The van der Waals surface area contributed by atoms with E-state index in [2.05, 4.69) is 10.6 Å². The third-order valence-electron chi connectivity index (χ3n) is 5.81. The molecule has 4 rings (SSSR count).